The third kappa shape index (κ3) is 3.61. The van der Waals surface area contributed by atoms with Gasteiger partial charge in [-0.1, -0.05) is 41.9 Å². The van der Waals surface area contributed by atoms with Crippen molar-refractivity contribution in [1.29, 1.82) is 0 Å². The van der Waals surface area contributed by atoms with E-state index in [0.29, 0.717) is 5.69 Å². The van der Waals surface area contributed by atoms with Crippen molar-refractivity contribution in [3.8, 4) is 0 Å². The van der Waals surface area contributed by atoms with Crippen LogP contribution >= 0.6 is 11.6 Å². The third-order valence-electron chi connectivity index (χ3n) is 3.17. The Kier molecular flexibility index (Phi) is 4.60. The summed E-state index contributed by atoms with van der Waals surface area (Å²) in [6.45, 7) is 1.80. The number of carbonyl (C=O) groups excluding carboxylic acids is 1. The molecule has 0 aliphatic heterocycles. The Morgan fingerprint density at radius 1 is 1.14 bits per heavy atom. The minimum atomic E-state index is -1.06. The zero-order chi connectivity index (χ0) is 15.4. The van der Waals surface area contributed by atoms with Crippen molar-refractivity contribution in [3.05, 3.63) is 64.7 Å². The fourth-order valence-electron chi connectivity index (χ4n) is 1.88. The number of carboxylic acids is 1. The molecule has 0 radical (unpaired) electrons. The summed E-state index contributed by atoms with van der Waals surface area (Å²) in [7, 11) is 0. The number of carbonyl (C=O) groups is 2. The summed E-state index contributed by atoms with van der Waals surface area (Å²) < 4.78 is 0. The number of aromatic carboxylic acids is 1. The molecule has 0 spiro atoms. The Bertz CT molecular complexity index is 670. The smallest absolute Gasteiger partial charge is 0.335 e. The molecule has 21 heavy (non-hydrogen) atoms. The normalized spacial score (nSPS) is 11.7. The fraction of sp³-hybridized carbons (Fsp3) is 0.125. The van der Waals surface area contributed by atoms with Crippen molar-refractivity contribution in [1.82, 2.24) is 0 Å². The van der Waals surface area contributed by atoms with Crippen molar-refractivity contribution in [2.75, 3.05) is 5.32 Å². The number of carboxylic acid groups (broad SMARTS) is 1. The van der Waals surface area contributed by atoms with Crippen LogP contribution in [0.2, 0.25) is 5.02 Å². The summed E-state index contributed by atoms with van der Waals surface area (Å²) in [5, 5.41) is 11.8. The van der Waals surface area contributed by atoms with Gasteiger partial charge in [-0.25, -0.2) is 4.79 Å². The third-order valence-corrected chi connectivity index (χ3v) is 3.48. The number of nitrogens with one attached hydrogen (secondary N) is 1. The van der Waals surface area contributed by atoms with Gasteiger partial charge in [-0.15, -0.1) is 0 Å². The predicted molar refractivity (Wildman–Crippen MR) is 81.9 cm³/mol. The molecule has 0 aliphatic rings. The molecule has 1 atom stereocenters. The Morgan fingerprint density at radius 2 is 1.81 bits per heavy atom. The second kappa shape index (κ2) is 6.41. The van der Waals surface area contributed by atoms with Crippen LogP contribution in [0.3, 0.4) is 0 Å². The summed E-state index contributed by atoms with van der Waals surface area (Å²) in [5.41, 5.74) is 1.37. The SMILES string of the molecule is CC(C(=O)Nc1ccc(C(=O)O)cc1Cl)c1ccccc1. The highest BCUT2D eigenvalue weighted by atomic mass is 35.5. The van der Waals surface area contributed by atoms with Crippen molar-refractivity contribution < 1.29 is 14.7 Å². The first kappa shape index (κ1) is 15.1. The first-order valence-electron chi connectivity index (χ1n) is 6.37. The lowest BCUT2D eigenvalue weighted by atomic mass is 10.0. The Balaban J connectivity index is 2.15. The van der Waals surface area contributed by atoms with Crippen molar-refractivity contribution in [2.45, 2.75) is 12.8 Å². The Hall–Kier alpha value is -2.33. The monoisotopic (exact) mass is 303 g/mol. The van der Waals surface area contributed by atoms with Gasteiger partial charge in [0.2, 0.25) is 5.91 Å². The first-order valence-corrected chi connectivity index (χ1v) is 6.75. The molecule has 0 bridgehead atoms. The summed E-state index contributed by atoms with van der Waals surface area (Å²) in [6, 6.07) is 13.6. The largest absolute Gasteiger partial charge is 0.478 e. The zero-order valence-electron chi connectivity index (χ0n) is 11.3. The molecule has 0 saturated carbocycles. The molecule has 4 nitrogen and oxygen atoms in total. The molecule has 2 N–H and O–H groups in total. The van der Waals surface area contributed by atoms with E-state index in [-0.39, 0.29) is 22.4 Å². The summed E-state index contributed by atoms with van der Waals surface area (Å²) in [5.74, 6) is -1.60. The van der Waals surface area contributed by atoms with E-state index in [0.717, 1.165) is 5.56 Å². The van der Waals surface area contributed by atoms with E-state index in [1.54, 1.807) is 6.92 Å². The fourth-order valence-corrected chi connectivity index (χ4v) is 2.11. The van der Waals surface area contributed by atoms with Crippen LogP contribution in [-0.4, -0.2) is 17.0 Å². The van der Waals surface area contributed by atoms with Gasteiger partial charge >= 0.3 is 5.97 Å². The van der Waals surface area contributed by atoms with E-state index < -0.39 is 5.97 Å². The number of halogens is 1. The number of rotatable bonds is 4. The standard InChI is InChI=1S/C16H14ClNO3/c1-10(11-5-3-2-4-6-11)15(19)18-14-8-7-12(16(20)21)9-13(14)17/h2-10H,1H3,(H,18,19)(H,20,21). The second-order valence-electron chi connectivity index (χ2n) is 4.62. The van der Waals surface area contributed by atoms with Gasteiger partial charge in [0.1, 0.15) is 0 Å². The van der Waals surface area contributed by atoms with Gasteiger partial charge in [0.25, 0.3) is 0 Å². The summed E-state index contributed by atoms with van der Waals surface area (Å²) >= 11 is 5.99. The molecule has 5 heteroatoms. The van der Waals surface area contributed by atoms with E-state index in [2.05, 4.69) is 5.32 Å². The quantitative estimate of drug-likeness (QED) is 0.903. The molecular weight excluding hydrogens is 290 g/mol. The van der Waals surface area contributed by atoms with Crippen LogP contribution in [0.4, 0.5) is 5.69 Å². The molecular formula is C16H14ClNO3. The van der Waals surface area contributed by atoms with E-state index >= 15 is 0 Å². The molecule has 1 amide bonds. The summed E-state index contributed by atoms with van der Waals surface area (Å²) in [4.78, 5) is 23.0. The van der Waals surface area contributed by atoms with Crippen LogP contribution in [0.1, 0.15) is 28.8 Å². The van der Waals surface area contributed by atoms with Crippen molar-refractivity contribution in [2.24, 2.45) is 0 Å². The highest BCUT2D eigenvalue weighted by Gasteiger charge is 2.16. The molecule has 2 rings (SSSR count). The lowest BCUT2D eigenvalue weighted by Gasteiger charge is -2.13. The Morgan fingerprint density at radius 3 is 2.38 bits per heavy atom. The number of amides is 1. The van der Waals surface area contributed by atoms with E-state index in [4.69, 9.17) is 16.7 Å². The predicted octanol–water partition coefficient (Wildman–Crippen LogP) is 3.78. The first-order chi connectivity index (χ1) is 9.99. The van der Waals surface area contributed by atoms with Gasteiger partial charge in [-0.05, 0) is 30.7 Å². The van der Waals surface area contributed by atoms with Crippen LogP contribution in [-0.2, 0) is 4.79 Å². The minimum Gasteiger partial charge on any atom is -0.478 e. The maximum Gasteiger partial charge on any atom is 0.335 e. The molecule has 108 valence electrons. The molecule has 0 aromatic heterocycles. The minimum absolute atomic E-state index is 0.0779. The van der Waals surface area contributed by atoms with Crippen molar-refractivity contribution >= 4 is 29.2 Å². The maximum absolute atomic E-state index is 12.2. The molecule has 2 aromatic carbocycles. The molecule has 0 aliphatic carbocycles. The molecule has 0 heterocycles. The highest BCUT2D eigenvalue weighted by Crippen LogP contribution is 2.25. The van der Waals surface area contributed by atoms with E-state index in [9.17, 15) is 9.59 Å². The number of anilines is 1. The van der Waals surface area contributed by atoms with Crippen LogP contribution in [0, 0.1) is 0 Å². The van der Waals surface area contributed by atoms with Crippen LogP contribution in [0.25, 0.3) is 0 Å². The number of hydrogen-bond acceptors (Lipinski definition) is 2. The van der Waals surface area contributed by atoms with E-state index in [1.165, 1.54) is 18.2 Å². The average molecular weight is 304 g/mol. The molecule has 0 fully saturated rings. The van der Waals surface area contributed by atoms with Gasteiger partial charge < -0.3 is 10.4 Å². The maximum atomic E-state index is 12.2. The van der Waals surface area contributed by atoms with E-state index in [1.807, 2.05) is 30.3 Å². The van der Waals surface area contributed by atoms with Crippen LogP contribution < -0.4 is 5.32 Å². The van der Waals surface area contributed by atoms with Crippen LogP contribution in [0.15, 0.2) is 48.5 Å². The highest BCUT2D eigenvalue weighted by molar-refractivity contribution is 6.34. The second-order valence-corrected chi connectivity index (χ2v) is 5.03. The van der Waals surface area contributed by atoms with Gasteiger partial charge in [-0.2, -0.15) is 0 Å². The number of benzene rings is 2. The summed E-state index contributed by atoms with van der Waals surface area (Å²) in [6.07, 6.45) is 0. The molecule has 0 saturated heterocycles. The van der Waals surface area contributed by atoms with Crippen molar-refractivity contribution in [3.63, 3.8) is 0 Å². The molecule has 1 unspecified atom stereocenters. The van der Waals surface area contributed by atoms with Gasteiger partial charge in [0.15, 0.2) is 0 Å². The van der Waals surface area contributed by atoms with Crippen LogP contribution in [0.5, 0.6) is 0 Å². The van der Waals surface area contributed by atoms with Gasteiger partial charge in [0.05, 0.1) is 22.2 Å². The number of hydrogen-bond donors (Lipinski definition) is 2. The zero-order valence-corrected chi connectivity index (χ0v) is 12.1. The average Bonchev–Trinajstić information content (AvgIpc) is 2.49. The lowest BCUT2D eigenvalue weighted by Crippen LogP contribution is -2.19. The topological polar surface area (TPSA) is 66.4 Å². The lowest BCUT2D eigenvalue weighted by molar-refractivity contribution is -0.117. The van der Waals surface area contributed by atoms with Gasteiger partial charge in [0, 0.05) is 0 Å². The van der Waals surface area contributed by atoms with Gasteiger partial charge in [-0.3, -0.25) is 4.79 Å². The Labute approximate surface area is 127 Å². The molecule has 2 aromatic rings.